The molecule has 0 aromatic carbocycles. The lowest BCUT2D eigenvalue weighted by Gasteiger charge is -2.38. The van der Waals surface area contributed by atoms with Crippen LogP contribution in [-0.2, 0) is 14.4 Å². The number of carboxylic acids is 3. The molecule has 0 atom stereocenters. The van der Waals surface area contributed by atoms with Crippen molar-refractivity contribution < 1.29 is 34.2 Å². The molecule has 0 fully saturated rings. The summed E-state index contributed by atoms with van der Waals surface area (Å²) in [6.45, 7) is 3.61. The summed E-state index contributed by atoms with van der Waals surface area (Å²) < 4.78 is 0.259. The largest absolute Gasteiger partial charge is 0.481 e. The van der Waals surface area contributed by atoms with E-state index < -0.39 is 17.9 Å². The van der Waals surface area contributed by atoms with E-state index in [1.807, 2.05) is 0 Å². The van der Waals surface area contributed by atoms with Crippen LogP contribution in [-0.4, -0.2) is 63.9 Å². The molecule has 0 unspecified atom stereocenters. The van der Waals surface area contributed by atoms with Gasteiger partial charge in [0.2, 0.25) is 0 Å². The van der Waals surface area contributed by atoms with Crippen molar-refractivity contribution in [2.45, 2.75) is 84.0 Å². The zero-order valence-corrected chi connectivity index (χ0v) is 18.0. The molecule has 3 N–H and O–H groups in total. The van der Waals surface area contributed by atoms with E-state index in [0.717, 1.165) is 38.5 Å². The lowest BCUT2D eigenvalue weighted by molar-refractivity contribution is -0.927. The molecule has 0 rings (SSSR count). The van der Waals surface area contributed by atoms with Crippen LogP contribution in [0.3, 0.4) is 0 Å². The number of unbranched alkanes of at least 4 members (excludes halogenated alkanes) is 7. The second-order valence-electron chi connectivity index (χ2n) is 7.81. The van der Waals surface area contributed by atoms with Crippen LogP contribution in [0.5, 0.6) is 0 Å². The monoisotopic (exact) mass is 414 g/mol. The summed E-state index contributed by atoms with van der Waals surface area (Å²) in [4.78, 5) is 33.1. The molecular formula is C22H40NO6+. The predicted octanol–water partition coefficient (Wildman–Crippen LogP) is 4.31. The molecule has 0 radical (unpaired) electrons. The molecule has 0 saturated carbocycles. The van der Waals surface area contributed by atoms with Crippen LogP contribution in [0.4, 0.5) is 0 Å². The Morgan fingerprint density at radius 1 is 0.621 bits per heavy atom. The van der Waals surface area contributed by atoms with Crippen molar-refractivity contribution in [1.29, 1.82) is 0 Å². The summed E-state index contributed by atoms with van der Waals surface area (Å²) in [5, 5.41) is 27.1. The van der Waals surface area contributed by atoms with E-state index in [2.05, 4.69) is 19.1 Å². The van der Waals surface area contributed by atoms with Gasteiger partial charge in [0.05, 0.1) is 45.4 Å². The van der Waals surface area contributed by atoms with Crippen molar-refractivity contribution in [2.75, 3.05) is 26.2 Å². The van der Waals surface area contributed by atoms with Crippen molar-refractivity contribution in [1.82, 2.24) is 0 Å². The predicted molar refractivity (Wildman–Crippen MR) is 113 cm³/mol. The van der Waals surface area contributed by atoms with E-state index in [9.17, 15) is 14.4 Å². The fourth-order valence-electron chi connectivity index (χ4n) is 3.55. The van der Waals surface area contributed by atoms with Crippen LogP contribution in [0.15, 0.2) is 12.2 Å². The highest BCUT2D eigenvalue weighted by Gasteiger charge is 2.29. The third-order valence-corrected chi connectivity index (χ3v) is 5.31. The quantitative estimate of drug-likeness (QED) is 0.155. The number of carboxylic acid groups (broad SMARTS) is 3. The number of rotatable bonds is 20. The van der Waals surface area contributed by atoms with Crippen molar-refractivity contribution in [2.24, 2.45) is 0 Å². The van der Waals surface area contributed by atoms with Crippen molar-refractivity contribution >= 4 is 17.9 Å². The number of carbonyl (C=O) groups is 3. The molecule has 0 saturated heterocycles. The Kier molecular flexibility index (Phi) is 15.9. The van der Waals surface area contributed by atoms with E-state index >= 15 is 0 Å². The number of quaternary nitrogens is 1. The van der Waals surface area contributed by atoms with Gasteiger partial charge in [-0.1, -0.05) is 44.8 Å². The third kappa shape index (κ3) is 16.7. The van der Waals surface area contributed by atoms with Crippen molar-refractivity contribution in [3.05, 3.63) is 12.2 Å². The van der Waals surface area contributed by atoms with Gasteiger partial charge in [0.1, 0.15) is 0 Å². The van der Waals surface area contributed by atoms with Gasteiger partial charge < -0.3 is 19.8 Å². The normalized spacial score (nSPS) is 11.8. The average molecular weight is 415 g/mol. The fraction of sp³-hybridized carbons (Fsp3) is 0.773. The van der Waals surface area contributed by atoms with Gasteiger partial charge in [-0.2, -0.15) is 0 Å². The second kappa shape index (κ2) is 17.0. The number of hydrogen-bond acceptors (Lipinski definition) is 3. The molecular weight excluding hydrogens is 374 g/mol. The molecule has 0 aliphatic rings. The van der Waals surface area contributed by atoms with Gasteiger partial charge in [-0.25, -0.2) is 0 Å². The first-order valence-corrected chi connectivity index (χ1v) is 11.0. The fourth-order valence-corrected chi connectivity index (χ4v) is 3.55. The van der Waals surface area contributed by atoms with Gasteiger partial charge in [0.15, 0.2) is 0 Å². The lowest BCUT2D eigenvalue weighted by Crippen LogP contribution is -2.52. The van der Waals surface area contributed by atoms with Gasteiger partial charge in [-0.05, 0) is 32.1 Å². The highest BCUT2D eigenvalue weighted by Crippen LogP contribution is 2.16. The molecule has 0 aromatic heterocycles. The maximum atomic E-state index is 11.0. The SMILES string of the molecule is CC/C=C/CCCCCCCCC[N+](CCC(=O)O)(CCC(=O)O)CCC(=O)O. The van der Waals surface area contributed by atoms with Crippen LogP contribution in [0.1, 0.15) is 84.0 Å². The topological polar surface area (TPSA) is 112 Å². The molecule has 0 aliphatic heterocycles. The second-order valence-corrected chi connectivity index (χ2v) is 7.81. The van der Waals surface area contributed by atoms with Crippen molar-refractivity contribution in [3.63, 3.8) is 0 Å². The first-order valence-electron chi connectivity index (χ1n) is 11.0. The number of allylic oxidation sites excluding steroid dienone is 2. The minimum absolute atomic E-state index is 0.0777. The van der Waals surface area contributed by atoms with Crippen LogP contribution in [0.25, 0.3) is 0 Å². The Morgan fingerprint density at radius 2 is 1.03 bits per heavy atom. The summed E-state index contributed by atoms with van der Waals surface area (Å²) in [6, 6.07) is 0. The smallest absolute Gasteiger partial charge is 0.309 e. The molecule has 0 amide bonds. The van der Waals surface area contributed by atoms with Gasteiger partial charge >= 0.3 is 17.9 Å². The molecule has 0 aromatic rings. The molecule has 168 valence electrons. The number of aliphatic carboxylic acids is 3. The van der Waals surface area contributed by atoms with E-state index in [1.54, 1.807) is 0 Å². The average Bonchev–Trinajstić information content (AvgIpc) is 2.66. The molecule has 7 heteroatoms. The molecule has 0 aliphatic carbocycles. The molecule has 29 heavy (non-hydrogen) atoms. The highest BCUT2D eigenvalue weighted by molar-refractivity contribution is 5.67. The van der Waals surface area contributed by atoms with Crippen LogP contribution in [0.2, 0.25) is 0 Å². The summed E-state index contributed by atoms with van der Waals surface area (Å²) in [6.07, 6.45) is 14.2. The van der Waals surface area contributed by atoms with Crippen LogP contribution in [0, 0.1) is 0 Å². The number of nitrogens with zero attached hydrogens (tertiary/aromatic N) is 1. The van der Waals surface area contributed by atoms with Gasteiger partial charge in [-0.3, -0.25) is 14.4 Å². The zero-order valence-electron chi connectivity index (χ0n) is 18.0. The van der Waals surface area contributed by atoms with E-state index in [4.69, 9.17) is 15.3 Å². The molecule has 7 nitrogen and oxygen atoms in total. The first-order chi connectivity index (χ1) is 13.8. The number of hydrogen-bond donors (Lipinski definition) is 3. The summed E-state index contributed by atoms with van der Waals surface area (Å²) in [5.74, 6) is -2.81. The van der Waals surface area contributed by atoms with E-state index in [1.165, 1.54) is 19.3 Å². The standard InChI is InChI=1S/C22H39NO6/c1-2-3-4-5-6-7-8-9-10-11-12-16-23(17-13-20(24)25,18-14-21(26)27)19-15-22(28)29/h3-4H,2,5-19H2,1H3,(H2-,24,25,26,27,28,29)/p+1/b4-3+. The van der Waals surface area contributed by atoms with Crippen LogP contribution >= 0.6 is 0 Å². The molecule has 0 heterocycles. The Hall–Kier alpha value is -1.89. The maximum Gasteiger partial charge on any atom is 0.309 e. The van der Waals surface area contributed by atoms with Crippen LogP contribution < -0.4 is 0 Å². The highest BCUT2D eigenvalue weighted by atomic mass is 16.4. The molecule has 0 bridgehead atoms. The minimum atomic E-state index is -0.938. The van der Waals surface area contributed by atoms with E-state index in [0.29, 0.717) is 6.54 Å². The third-order valence-electron chi connectivity index (χ3n) is 5.31. The van der Waals surface area contributed by atoms with Gasteiger partial charge in [0.25, 0.3) is 0 Å². The van der Waals surface area contributed by atoms with E-state index in [-0.39, 0.29) is 43.4 Å². The Balaban J connectivity index is 4.41. The summed E-state index contributed by atoms with van der Waals surface area (Å²) in [5.41, 5.74) is 0. The Labute approximate surface area is 175 Å². The summed E-state index contributed by atoms with van der Waals surface area (Å²) >= 11 is 0. The maximum absolute atomic E-state index is 11.0. The lowest BCUT2D eigenvalue weighted by atomic mass is 10.1. The first kappa shape index (κ1) is 27.1. The molecule has 0 spiro atoms. The minimum Gasteiger partial charge on any atom is -0.481 e. The van der Waals surface area contributed by atoms with Gasteiger partial charge in [-0.15, -0.1) is 0 Å². The Bertz CT molecular complexity index is 458. The Morgan fingerprint density at radius 3 is 1.45 bits per heavy atom. The zero-order chi connectivity index (χ0) is 22.0. The van der Waals surface area contributed by atoms with Gasteiger partial charge in [0, 0.05) is 0 Å². The van der Waals surface area contributed by atoms with Crippen molar-refractivity contribution in [3.8, 4) is 0 Å². The summed E-state index contributed by atoms with van der Waals surface area (Å²) in [7, 11) is 0.